The van der Waals surface area contributed by atoms with E-state index in [0.717, 1.165) is 25.3 Å². The van der Waals surface area contributed by atoms with Crippen LogP contribution in [0.1, 0.15) is 20.3 Å². The fourth-order valence-electron chi connectivity index (χ4n) is 1.94. The Balaban J connectivity index is 1.87. The second-order valence-corrected chi connectivity index (χ2v) is 3.93. The van der Waals surface area contributed by atoms with Gasteiger partial charge >= 0.3 is 0 Å². The van der Waals surface area contributed by atoms with E-state index in [0.29, 0.717) is 11.8 Å². The zero-order valence-corrected chi connectivity index (χ0v) is 8.58. The van der Waals surface area contributed by atoms with E-state index >= 15 is 0 Å². The zero-order chi connectivity index (χ0) is 10.1. The lowest BCUT2D eigenvalue weighted by molar-refractivity contribution is 0.0321. The largest absolute Gasteiger partial charge is 0.369 e. The van der Waals surface area contributed by atoms with E-state index in [9.17, 15) is 0 Å². The summed E-state index contributed by atoms with van der Waals surface area (Å²) in [6.07, 6.45) is 1.08. The summed E-state index contributed by atoms with van der Waals surface area (Å²) in [4.78, 5) is 7.33. The van der Waals surface area contributed by atoms with Crippen LogP contribution in [0.4, 0.5) is 0 Å². The smallest absolute Gasteiger partial charge is 0.203 e. The van der Waals surface area contributed by atoms with Gasteiger partial charge in [-0.15, -0.1) is 0 Å². The first-order valence-corrected chi connectivity index (χ1v) is 4.94. The number of rotatable bonds is 1. The summed E-state index contributed by atoms with van der Waals surface area (Å²) in [6, 6.07) is 0. The summed E-state index contributed by atoms with van der Waals surface area (Å²) in [5.41, 5.74) is 0. The molecule has 1 fully saturated rings. The molecular formula is C9H16N4O. The summed E-state index contributed by atoms with van der Waals surface area (Å²) < 4.78 is 0. The second-order valence-electron chi connectivity index (χ2n) is 3.93. The first-order valence-electron chi connectivity index (χ1n) is 4.94. The average molecular weight is 196 g/mol. The van der Waals surface area contributed by atoms with E-state index in [1.54, 1.807) is 0 Å². The molecule has 5 nitrogen and oxygen atoms in total. The minimum Gasteiger partial charge on any atom is -0.369 e. The van der Waals surface area contributed by atoms with Gasteiger partial charge in [0.05, 0.1) is 5.84 Å². The standard InChI is InChI=1S/C9H16N4O/c1-6(10)13-4-3-8(5-13)9-11-7(2)12-14-9/h8-10H,3-5H2,1-2H3,(H,11,12)/t8-,9?/m1/s1. The molecule has 0 aliphatic carbocycles. The van der Waals surface area contributed by atoms with Crippen molar-refractivity contribution in [3.8, 4) is 0 Å². The van der Waals surface area contributed by atoms with Crippen LogP contribution >= 0.6 is 0 Å². The van der Waals surface area contributed by atoms with E-state index < -0.39 is 0 Å². The Morgan fingerprint density at radius 2 is 2.50 bits per heavy atom. The van der Waals surface area contributed by atoms with Gasteiger partial charge in [-0.1, -0.05) is 5.16 Å². The maximum atomic E-state index is 7.53. The van der Waals surface area contributed by atoms with Gasteiger partial charge in [-0.3, -0.25) is 5.41 Å². The molecule has 1 unspecified atom stereocenters. The molecule has 1 saturated heterocycles. The Morgan fingerprint density at radius 3 is 3.00 bits per heavy atom. The summed E-state index contributed by atoms with van der Waals surface area (Å²) in [6.45, 7) is 5.58. The van der Waals surface area contributed by atoms with Crippen molar-refractivity contribution in [1.82, 2.24) is 10.2 Å². The number of likely N-dealkylation sites (tertiary alicyclic amines) is 1. The molecule has 14 heavy (non-hydrogen) atoms. The van der Waals surface area contributed by atoms with Gasteiger partial charge in [0.2, 0.25) is 6.23 Å². The number of nitrogens with zero attached hydrogens (tertiary/aromatic N) is 2. The van der Waals surface area contributed by atoms with Crippen molar-refractivity contribution >= 4 is 11.7 Å². The predicted molar refractivity (Wildman–Crippen MR) is 54.2 cm³/mol. The SMILES string of the molecule is CC(=N)N1CC[C@@H](C2NC(C)=NO2)C1. The first kappa shape index (κ1) is 9.30. The van der Waals surface area contributed by atoms with Crippen LogP contribution in [0.2, 0.25) is 0 Å². The molecule has 0 aromatic heterocycles. The summed E-state index contributed by atoms with van der Waals surface area (Å²) in [7, 11) is 0. The first-order chi connectivity index (χ1) is 6.66. The normalized spacial score (nSPS) is 31.0. The highest BCUT2D eigenvalue weighted by Gasteiger charge is 2.33. The summed E-state index contributed by atoms with van der Waals surface area (Å²) in [5.74, 6) is 1.93. The van der Waals surface area contributed by atoms with Crippen LogP contribution < -0.4 is 5.32 Å². The van der Waals surface area contributed by atoms with Crippen molar-refractivity contribution in [2.45, 2.75) is 26.5 Å². The molecular weight excluding hydrogens is 180 g/mol. The molecule has 2 atom stereocenters. The van der Waals surface area contributed by atoms with Crippen molar-refractivity contribution < 1.29 is 4.84 Å². The average Bonchev–Trinajstić information content (AvgIpc) is 2.70. The summed E-state index contributed by atoms with van der Waals surface area (Å²) in [5, 5.41) is 14.6. The molecule has 5 heteroatoms. The third kappa shape index (κ3) is 1.66. The van der Waals surface area contributed by atoms with Crippen molar-refractivity contribution in [2.75, 3.05) is 13.1 Å². The van der Waals surface area contributed by atoms with Crippen molar-refractivity contribution in [1.29, 1.82) is 5.41 Å². The number of oxime groups is 1. The lowest BCUT2D eigenvalue weighted by Crippen LogP contribution is -2.37. The van der Waals surface area contributed by atoms with Crippen LogP contribution in [-0.2, 0) is 4.84 Å². The Hall–Kier alpha value is -1.26. The maximum Gasteiger partial charge on any atom is 0.203 e. The van der Waals surface area contributed by atoms with Gasteiger partial charge in [0.15, 0.2) is 0 Å². The molecule has 0 saturated carbocycles. The fraction of sp³-hybridized carbons (Fsp3) is 0.778. The third-order valence-electron chi connectivity index (χ3n) is 2.78. The molecule has 2 N–H and O–H groups in total. The van der Waals surface area contributed by atoms with Crippen LogP contribution in [0.25, 0.3) is 0 Å². The van der Waals surface area contributed by atoms with Gasteiger partial charge in [-0.25, -0.2) is 0 Å². The Labute approximate surface area is 83.6 Å². The quantitative estimate of drug-likeness (QED) is 0.476. The van der Waals surface area contributed by atoms with Crippen LogP contribution in [-0.4, -0.2) is 35.9 Å². The van der Waals surface area contributed by atoms with Crippen molar-refractivity contribution in [3.63, 3.8) is 0 Å². The van der Waals surface area contributed by atoms with Crippen molar-refractivity contribution in [2.24, 2.45) is 11.1 Å². The molecule has 0 bridgehead atoms. The van der Waals surface area contributed by atoms with Gasteiger partial charge < -0.3 is 15.1 Å². The second kappa shape index (κ2) is 3.48. The van der Waals surface area contributed by atoms with Crippen LogP contribution in [0.3, 0.4) is 0 Å². The molecule has 2 heterocycles. The highest BCUT2D eigenvalue weighted by Crippen LogP contribution is 2.22. The summed E-state index contributed by atoms with van der Waals surface area (Å²) >= 11 is 0. The van der Waals surface area contributed by atoms with E-state index in [1.807, 2.05) is 13.8 Å². The Bertz CT molecular complexity index is 276. The van der Waals surface area contributed by atoms with Gasteiger partial charge in [0.25, 0.3) is 0 Å². The van der Waals surface area contributed by atoms with Crippen LogP contribution in [0.15, 0.2) is 5.16 Å². The molecule has 0 radical (unpaired) electrons. The minimum atomic E-state index is 0.0133. The number of nitrogens with one attached hydrogen (secondary N) is 2. The van der Waals surface area contributed by atoms with Gasteiger partial charge in [0, 0.05) is 19.0 Å². The topological polar surface area (TPSA) is 60.7 Å². The highest BCUT2D eigenvalue weighted by molar-refractivity contribution is 5.80. The monoisotopic (exact) mass is 196 g/mol. The van der Waals surface area contributed by atoms with Crippen LogP contribution in [0, 0.1) is 11.3 Å². The van der Waals surface area contributed by atoms with E-state index in [4.69, 9.17) is 10.2 Å². The molecule has 0 aromatic rings. The highest BCUT2D eigenvalue weighted by atomic mass is 16.7. The van der Waals surface area contributed by atoms with E-state index in [1.165, 1.54) is 0 Å². The third-order valence-corrected chi connectivity index (χ3v) is 2.78. The molecule has 2 aliphatic heterocycles. The fourth-order valence-corrected chi connectivity index (χ4v) is 1.94. The molecule has 0 spiro atoms. The molecule has 0 aromatic carbocycles. The molecule has 0 amide bonds. The van der Waals surface area contributed by atoms with Gasteiger partial charge in [-0.2, -0.15) is 0 Å². The Kier molecular flexibility index (Phi) is 2.31. The molecule has 2 aliphatic rings. The Morgan fingerprint density at radius 1 is 1.71 bits per heavy atom. The minimum absolute atomic E-state index is 0.0133. The zero-order valence-electron chi connectivity index (χ0n) is 8.58. The number of amidine groups is 2. The lowest BCUT2D eigenvalue weighted by Gasteiger charge is -2.19. The lowest BCUT2D eigenvalue weighted by atomic mass is 10.1. The number of hydrogen-bond acceptors (Lipinski definition) is 4. The van der Waals surface area contributed by atoms with E-state index in [2.05, 4.69) is 15.4 Å². The predicted octanol–water partition coefficient (Wildman–Crippen LogP) is 0.585. The molecule has 2 rings (SSSR count). The van der Waals surface area contributed by atoms with Crippen LogP contribution in [0.5, 0.6) is 0 Å². The maximum absolute atomic E-state index is 7.53. The molecule has 78 valence electrons. The van der Waals surface area contributed by atoms with E-state index in [-0.39, 0.29) is 6.23 Å². The van der Waals surface area contributed by atoms with Gasteiger partial charge in [0.1, 0.15) is 5.84 Å². The van der Waals surface area contributed by atoms with Gasteiger partial charge in [-0.05, 0) is 20.3 Å². The number of hydrogen-bond donors (Lipinski definition) is 2. The van der Waals surface area contributed by atoms with Crippen molar-refractivity contribution in [3.05, 3.63) is 0 Å².